The van der Waals surface area contributed by atoms with Crippen LogP contribution in [-0.4, -0.2) is 5.11 Å². The van der Waals surface area contributed by atoms with E-state index in [9.17, 15) is 5.11 Å². The van der Waals surface area contributed by atoms with Crippen molar-refractivity contribution in [1.29, 1.82) is 0 Å². The zero-order valence-electron chi connectivity index (χ0n) is 11.0. The maximum atomic E-state index is 10.7. The fraction of sp³-hybridized carbons (Fsp3) is 0.250. The summed E-state index contributed by atoms with van der Waals surface area (Å²) in [7, 11) is 0. The summed E-state index contributed by atoms with van der Waals surface area (Å²) in [6.07, 6.45) is 0.507. The Balaban J connectivity index is 2.27. The van der Waals surface area contributed by atoms with E-state index in [0.717, 1.165) is 20.3 Å². The van der Waals surface area contributed by atoms with Gasteiger partial charge in [0.2, 0.25) is 0 Å². The van der Waals surface area contributed by atoms with Crippen molar-refractivity contribution < 1.29 is 5.11 Å². The van der Waals surface area contributed by atoms with Gasteiger partial charge in [-0.05, 0) is 71.3 Å². The molecule has 0 saturated carbocycles. The molecular weight excluding hydrogens is 371 g/mol. The highest BCUT2D eigenvalue weighted by atomic mass is 127. The van der Waals surface area contributed by atoms with Crippen LogP contribution in [-0.2, 0) is 12.0 Å². The molecule has 0 spiro atoms. The lowest BCUT2D eigenvalue weighted by molar-refractivity contribution is 0.0576. The average molecular weight is 387 g/mol. The zero-order valence-corrected chi connectivity index (χ0v) is 13.9. The Hall–Kier alpha value is -0.580. The summed E-state index contributed by atoms with van der Waals surface area (Å²) in [6, 6.07) is 13.9. The van der Waals surface area contributed by atoms with Gasteiger partial charge in [-0.15, -0.1) is 0 Å². The van der Waals surface area contributed by atoms with Crippen molar-refractivity contribution >= 4 is 34.2 Å². The minimum atomic E-state index is -0.913. The van der Waals surface area contributed by atoms with Gasteiger partial charge in [0.25, 0.3) is 0 Å². The van der Waals surface area contributed by atoms with Crippen molar-refractivity contribution in [3.8, 4) is 0 Å². The first-order valence-corrected chi connectivity index (χ1v) is 7.57. The van der Waals surface area contributed by atoms with E-state index in [4.69, 9.17) is 11.6 Å². The van der Waals surface area contributed by atoms with Gasteiger partial charge in [-0.25, -0.2) is 0 Å². The predicted molar refractivity (Wildman–Crippen MR) is 88.6 cm³/mol. The molecule has 1 N–H and O–H groups in total. The van der Waals surface area contributed by atoms with E-state index >= 15 is 0 Å². The quantitative estimate of drug-likeness (QED) is 0.758. The molecule has 1 unspecified atom stereocenters. The normalized spacial score (nSPS) is 14.2. The number of hydrogen-bond acceptors (Lipinski definition) is 1. The maximum absolute atomic E-state index is 10.7. The van der Waals surface area contributed by atoms with E-state index in [1.807, 2.05) is 56.3 Å². The minimum absolute atomic E-state index is 0.507. The summed E-state index contributed by atoms with van der Waals surface area (Å²) in [4.78, 5) is 0. The molecule has 19 heavy (non-hydrogen) atoms. The molecule has 0 aliphatic heterocycles. The van der Waals surface area contributed by atoms with E-state index in [1.165, 1.54) is 0 Å². The minimum Gasteiger partial charge on any atom is -0.385 e. The summed E-state index contributed by atoms with van der Waals surface area (Å²) < 4.78 is 1.16. The summed E-state index contributed by atoms with van der Waals surface area (Å²) in [5, 5.41) is 11.4. The fourth-order valence-corrected chi connectivity index (χ4v) is 2.74. The van der Waals surface area contributed by atoms with Gasteiger partial charge >= 0.3 is 0 Å². The highest BCUT2D eigenvalue weighted by Crippen LogP contribution is 2.29. The molecule has 2 rings (SSSR count). The smallest absolute Gasteiger partial charge is 0.0909 e. The van der Waals surface area contributed by atoms with Gasteiger partial charge in [0.05, 0.1) is 5.60 Å². The molecule has 0 fully saturated rings. The SMILES string of the molecule is Cc1ccc(CC(C)(O)c2ccc(I)cc2)c(Cl)c1. The molecule has 0 saturated heterocycles. The fourth-order valence-electron chi connectivity index (χ4n) is 2.08. The summed E-state index contributed by atoms with van der Waals surface area (Å²) in [5.41, 5.74) is 2.09. The first-order valence-electron chi connectivity index (χ1n) is 6.12. The highest BCUT2D eigenvalue weighted by Gasteiger charge is 2.24. The number of aryl methyl sites for hydroxylation is 1. The standard InChI is InChI=1S/C16H16ClIO/c1-11-3-4-12(15(17)9-11)10-16(2,19)13-5-7-14(18)8-6-13/h3-9,19H,10H2,1-2H3. The van der Waals surface area contributed by atoms with Crippen LogP contribution in [0.4, 0.5) is 0 Å². The predicted octanol–water partition coefficient (Wildman–Crippen LogP) is 4.70. The van der Waals surface area contributed by atoms with Crippen molar-refractivity contribution in [3.05, 3.63) is 67.7 Å². The Labute approximate surface area is 132 Å². The van der Waals surface area contributed by atoms with Crippen molar-refractivity contribution in [1.82, 2.24) is 0 Å². The van der Waals surface area contributed by atoms with Gasteiger partial charge in [0.1, 0.15) is 0 Å². The van der Waals surface area contributed by atoms with Crippen LogP contribution in [0.15, 0.2) is 42.5 Å². The van der Waals surface area contributed by atoms with Crippen LogP contribution in [0.3, 0.4) is 0 Å². The van der Waals surface area contributed by atoms with Crippen LogP contribution < -0.4 is 0 Å². The second-order valence-corrected chi connectivity index (χ2v) is 6.71. The van der Waals surface area contributed by atoms with Crippen LogP contribution in [0.1, 0.15) is 23.6 Å². The van der Waals surface area contributed by atoms with Gasteiger partial charge in [-0.3, -0.25) is 0 Å². The van der Waals surface area contributed by atoms with E-state index in [2.05, 4.69) is 22.6 Å². The van der Waals surface area contributed by atoms with Crippen LogP contribution in [0, 0.1) is 10.5 Å². The van der Waals surface area contributed by atoms with Crippen LogP contribution >= 0.6 is 34.2 Å². The van der Waals surface area contributed by atoms with Crippen LogP contribution in [0.25, 0.3) is 0 Å². The largest absolute Gasteiger partial charge is 0.385 e. The molecule has 0 radical (unpaired) electrons. The summed E-state index contributed by atoms with van der Waals surface area (Å²) in [6.45, 7) is 3.83. The first-order chi connectivity index (χ1) is 8.88. The van der Waals surface area contributed by atoms with E-state index in [0.29, 0.717) is 11.4 Å². The second-order valence-electron chi connectivity index (χ2n) is 5.05. The Morgan fingerprint density at radius 1 is 1.16 bits per heavy atom. The van der Waals surface area contributed by atoms with Crippen LogP contribution in [0.5, 0.6) is 0 Å². The molecule has 0 aromatic heterocycles. The number of rotatable bonds is 3. The number of benzene rings is 2. The third-order valence-electron chi connectivity index (χ3n) is 3.21. The Morgan fingerprint density at radius 3 is 2.37 bits per heavy atom. The zero-order chi connectivity index (χ0) is 14.0. The third-order valence-corrected chi connectivity index (χ3v) is 4.28. The second kappa shape index (κ2) is 5.81. The lowest BCUT2D eigenvalue weighted by Gasteiger charge is -2.24. The monoisotopic (exact) mass is 386 g/mol. The molecular formula is C16H16ClIO. The molecule has 2 aromatic carbocycles. The lowest BCUT2D eigenvalue weighted by atomic mass is 9.89. The third kappa shape index (κ3) is 3.71. The van der Waals surface area contributed by atoms with Gasteiger partial charge in [0.15, 0.2) is 0 Å². The van der Waals surface area contributed by atoms with Gasteiger partial charge in [0, 0.05) is 15.0 Å². The molecule has 0 heterocycles. The topological polar surface area (TPSA) is 20.2 Å². The molecule has 0 aliphatic carbocycles. The summed E-state index contributed by atoms with van der Waals surface area (Å²) in [5.74, 6) is 0. The van der Waals surface area contributed by atoms with E-state index < -0.39 is 5.60 Å². The number of aliphatic hydroxyl groups is 1. The summed E-state index contributed by atoms with van der Waals surface area (Å²) >= 11 is 8.49. The molecule has 0 bridgehead atoms. The molecule has 2 aromatic rings. The van der Waals surface area contributed by atoms with Crippen molar-refractivity contribution in [2.75, 3.05) is 0 Å². The first kappa shape index (κ1) is 14.8. The van der Waals surface area contributed by atoms with Gasteiger partial charge in [-0.1, -0.05) is 35.9 Å². The lowest BCUT2D eigenvalue weighted by Crippen LogP contribution is -2.24. The average Bonchev–Trinajstić information content (AvgIpc) is 2.33. The maximum Gasteiger partial charge on any atom is 0.0909 e. The van der Waals surface area contributed by atoms with Crippen LogP contribution in [0.2, 0.25) is 5.02 Å². The Bertz CT molecular complexity index is 576. The van der Waals surface area contributed by atoms with E-state index in [-0.39, 0.29) is 0 Å². The number of halogens is 2. The molecule has 0 aliphatic rings. The van der Waals surface area contributed by atoms with Crippen molar-refractivity contribution in [3.63, 3.8) is 0 Å². The van der Waals surface area contributed by atoms with Gasteiger partial charge in [-0.2, -0.15) is 0 Å². The van der Waals surface area contributed by atoms with E-state index in [1.54, 1.807) is 0 Å². The Morgan fingerprint density at radius 2 is 1.79 bits per heavy atom. The molecule has 1 atom stereocenters. The van der Waals surface area contributed by atoms with Gasteiger partial charge < -0.3 is 5.11 Å². The molecule has 100 valence electrons. The van der Waals surface area contributed by atoms with Crippen molar-refractivity contribution in [2.24, 2.45) is 0 Å². The molecule has 3 heteroatoms. The number of hydrogen-bond donors (Lipinski definition) is 1. The molecule has 0 amide bonds. The van der Waals surface area contributed by atoms with Crippen molar-refractivity contribution in [2.45, 2.75) is 25.9 Å². The Kier molecular flexibility index (Phi) is 4.54. The highest BCUT2D eigenvalue weighted by molar-refractivity contribution is 14.1. The molecule has 1 nitrogen and oxygen atoms in total.